The molecule has 0 saturated carbocycles. The van der Waals surface area contributed by atoms with Gasteiger partial charge < -0.3 is 4.74 Å². The molecule has 4 heterocycles. The first-order valence-electron chi connectivity index (χ1n) is 9.75. The van der Waals surface area contributed by atoms with Crippen LogP contribution in [-0.2, 0) is 11.3 Å². The van der Waals surface area contributed by atoms with Gasteiger partial charge in [-0.2, -0.15) is 0 Å². The predicted molar refractivity (Wildman–Crippen MR) is 118 cm³/mol. The number of ether oxygens (including phenoxy) is 1. The Hall–Kier alpha value is -3.07. The van der Waals surface area contributed by atoms with Crippen molar-refractivity contribution in [3.05, 3.63) is 64.5 Å². The SMILES string of the molecule is O=Nc1nc(-c2ccccn2)nc2c(-c3ccc(CN4CCOCC4)cc3)csc12. The number of aromatic nitrogens is 3. The fourth-order valence-corrected chi connectivity index (χ4v) is 4.53. The van der Waals surface area contributed by atoms with E-state index in [2.05, 4.69) is 44.3 Å². The summed E-state index contributed by atoms with van der Waals surface area (Å²) >= 11 is 1.44. The molecule has 4 aromatic rings. The number of thiophene rings is 1. The second kappa shape index (κ2) is 8.35. The van der Waals surface area contributed by atoms with Gasteiger partial charge in [-0.1, -0.05) is 30.3 Å². The number of rotatable bonds is 5. The van der Waals surface area contributed by atoms with Crippen molar-refractivity contribution in [2.45, 2.75) is 6.54 Å². The molecule has 8 heteroatoms. The third-order valence-electron chi connectivity index (χ3n) is 5.15. The zero-order valence-electron chi connectivity index (χ0n) is 16.2. The van der Waals surface area contributed by atoms with Gasteiger partial charge in [0.25, 0.3) is 0 Å². The highest BCUT2D eigenvalue weighted by atomic mass is 32.1. The summed E-state index contributed by atoms with van der Waals surface area (Å²) in [5.74, 6) is 0.558. The zero-order valence-corrected chi connectivity index (χ0v) is 17.0. The van der Waals surface area contributed by atoms with Gasteiger partial charge in [-0.25, -0.2) is 9.97 Å². The zero-order chi connectivity index (χ0) is 20.3. The molecule has 0 bridgehead atoms. The summed E-state index contributed by atoms with van der Waals surface area (Å²) in [4.78, 5) is 27.2. The van der Waals surface area contributed by atoms with Crippen LogP contribution in [0.3, 0.4) is 0 Å². The molecule has 150 valence electrons. The maximum Gasteiger partial charge on any atom is 0.218 e. The van der Waals surface area contributed by atoms with Crippen LogP contribution in [-0.4, -0.2) is 46.2 Å². The minimum Gasteiger partial charge on any atom is -0.379 e. The molecule has 0 spiro atoms. The van der Waals surface area contributed by atoms with Gasteiger partial charge >= 0.3 is 0 Å². The molecular formula is C22H19N5O2S. The first-order valence-corrected chi connectivity index (χ1v) is 10.6. The van der Waals surface area contributed by atoms with Gasteiger partial charge in [0.1, 0.15) is 10.4 Å². The van der Waals surface area contributed by atoms with Crippen LogP contribution < -0.4 is 0 Å². The van der Waals surface area contributed by atoms with Crippen LogP contribution in [0.4, 0.5) is 5.82 Å². The first-order chi connectivity index (χ1) is 14.8. The van der Waals surface area contributed by atoms with E-state index >= 15 is 0 Å². The molecule has 0 atom stereocenters. The van der Waals surface area contributed by atoms with Crippen molar-refractivity contribution in [3.63, 3.8) is 0 Å². The predicted octanol–water partition coefficient (Wildman–Crippen LogP) is 4.65. The van der Waals surface area contributed by atoms with Crippen LogP contribution in [0.5, 0.6) is 0 Å². The molecule has 1 aromatic carbocycles. The van der Waals surface area contributed by atoms with E-state index < -0.39 is 0 Å². The molecule has 7 nitrogen and oxygen atoms in total. The lowest BCUT2D eigenvalue weighted by atomic mass is 10.1. The van der Waals surface area contributed by atoms with Crippen LogP contribution in [0.15, 0.2) is 59.2 Å². The van der Waals surface area contributed by atoms with Gasteiger partial charge in [0.15, 0.2) is 5.82 Å². The highest BCUT2D eigenvalue weighted by Crippen LogP contribution is 2.38. The largest absolute Gasteiger partial charge is 0.379 e. The maximum atomic E-state index is 11.4. The number of morpholine rings is 1. The average molecular weight is 417 g/mol. The van der Waals surface area contributed by atoms with E-state index in [1.807, 2.05) is 23.6 Å². The molecule has 0 unspecified atom stereocenters. The summed E-state index contributed by atoms with van der Waals surface area (Å²) in [5.41, 5.74) is 4.62. The monoisotopic (exact) mass is 417 g/mol. The smallest absolute Gasteiger partial charge is 0.218 e. The average Bonchev–Trinajstić information content (AvgIpc) is 3.24. The molecule has 5 rings (SSSR count). The number of pyridine rings is 1. The third kappa shape index (κ3) is 3.72. The van der Waals surface area contributed by atoms with Crippen molar-refractivity contribution in [3.8, 4) is 22.6 Å². The Morgan fingerprint density at radius 3 is 2.63 bits per heavy atom. The number of hydrogen-bond acceptors (Lipinski definition) is 8. The Labute approximate surface area is 177 Å². The van der Waals surface area contributed by atoms with E-state index in [0.29, 0.717) is 16.2 Å². The van der Waals surface area contributed by atoms with Gasteiger partial charge in [0.2, 0.25) is 5.82 Å². The number of fused-ring (bicyclic) bond motifs is 1. The normalized spacial score (nSPS) is 14.8. The summed E-state index contributed by atoms with van der Waals surface area (Å²) in [6, 6.07) is 14.0. The minimum absolute atomic E-state index is 0.154. The molecule has 1 fully saturated rings. The number of nitroso groups, excluding NO2 is 1. The van der Waals surface area contributed by atoms with E-state index in [-0.39, 0.29) is 5.82 Å². The fraction of sp³-hybridized carbons (Fsp3) is 0.227. The Morgan fingerprint density at radius 1 is 1.07 bits per heavy atom. The summed E-state index contributed by atoms with van der Waals surface area (Å²) in [6.45, 7) is 4.44. The molecule has 1 saturated heterocycles. The fourth-order valence-electron chi connectivity index (χ4n) is 3.59. The lowest BCUT2D eigenvalue weighted by molar-refractivity contribution is 0.0342. The molecule has 1 aliphatic heterocycles. The second-order valence-corrected chi connectivity index (χ2v) is 7.97. The van der Waals surface area contributed by atoms with Crippen molar-refractivity contribution in [1.82, 2.24) is 19.9 Å². The quantitative estimate of drug-likeness (QED) is 0.440. The van der Waals surface area contributed by atoms with Crippen molar-refractivity contribution >= 4 is 27.4 Å². The topological polar surface area (TPSA) is 80.6 Å². The second-order valence-electron chi connectivity index (χ2n) is 7.09. The van der Waals surface area contributed by atoms with E-state index in [4.69, 9.17) is 9.72 Å². The van der Waals surface area contributed by atoms with E-state index in [1.165, 1.54) is 16.9 Å². The molecular weight excluding hydrogens is 398 g/mol. The van der Waals surface area contributed by atoms with Crippen LogP contribution in [0.25, 0.3) is 32.9 Å². The summed E-state index contributed by atoms with van der Waals surface area (Å²) < 4.78 is 6.11. The molecule has 0 amide bonds. The van der Waals surface area contributed by atoms with E-state index in [9.17, 15) is 4.91 Å². The highest BCUT2D eigenvalue weighted by molar-refractivity contribution is 7.18. The Balaban J connectivity index is 1.50. The minimum atomic E-state index is 0.154. The molecule has 0 aliphatic carbocycles. The van der Waals surface area contributed by atoms with Gasteiger partial charge in [-0.15, -0.1) is 16.2 Å². The Kier molecular flexibility index (Phi) is 5.27. The molecule has 1 aliphatic rings. The van der Waals surface area contributed by atoms with Gasteiger partial charge in [0.05, 0.1) is 18.7 Å². The number of nitrogens with zero attached hydrogens (tertiary/aromatic N) is 5. The van der Waals surface area contributed by atoms with Crippen LogP contribution >= 0.6 is 11.3 Å². The highest BCUT2D eigenvalue weighted by Gasteiger charge is 2.17. The van der Waals surface area contributed by atoms with Crippen LogP contribution in [0.2, 0.25) is 0 Å². The summed E-state index contributed by atoms with van der Waals surface area (Å²) in [6.07, 6.45) is 1.68. The molecule has 30 heavy (non-hydrogen) atoms. The number of hydrogen-bond donors (Lipinski definition) is 0. The Bertz CT molecular complexity index is 1170. The van der Waals surface area contributed by atoms with Gasteiger partial charge in [-0.05, 0) is 28.4 Å². The number of benzene rings is 1. The van der Waals surface area contributed by atoms with E-state index in [0.717, 1.165) is 49.5 Å². The van der Waals surface area contributed by atoms with Crippen LogP contribution in [0, 0.1) is 4.91 Å². The molecule has 0 radical (unpaired) electrons. The van der Waals surface area contributed by atoms with Crippen molar-refractivity contribution in [1.29, 1.82) is 0 Å². The van der Waals surface area contributed by atoms with Crippen LogP contribution in [0.1, 0.15) is 5.56 Å². The third-order valence-corrected chi connectivity index (χ3v) is 6.12. The summed E-state index contributed by atoms with van der Waals surface area (Å²) in [7, 11) is 0. The van der Waals surface area contributed by atoms with Crippen molar-refractivity contribution < 1.29 is 4.74 Å². The van der Waals surface area contributed by atoms with Gasteiger partial charge in [0, 0.05) is 36.8 Å². The lowest BCUT2D eigenvalue weighted by Gasteiger charge is -2.26. The van der Waals surface area contributed by atoms with E-state index in [1.54, 1.807) is 6.20 Å². The first kappa shape index (κ1) is 18.9. The standard InChI is InChI=1S/C22H19N5O2S/c28-26-22-20-19(24-21(25-22)18-3-1-2-8-23-18)17(14-30-20)16-6-4-15(5-7-16)13-27-9-11-29-12-10-27/h1-8,14H,9-13H2. The molecule has 3 aromatic heterocycles. The maximum absolute atomic E-state index is 11.4. The Morgan fingerprint density at radius 2 is 1.90 bits per heavy atom. The van der Waals surface area contributed by atoms with Gasteiger partial charge in [-0.3, -0.25) is 9.88 Å². The molecule has 0 N–H and O–H groups in total. The lowest BCUT2D eigenvalue weighted by Crippen LogP contribution is -2.35. The summed E-state index contributed by atoms with van der Waals surface area (Å²) in [5, 5.41) is 5.14. The van der Waals surface area contributed by atoms with Crippen molar-refractivity contribution in [2.24, 2.45) is 5.18 Å². The van der Waals surface area contributed by atoms with Crippen molar-refractivity contribution in [2.75, 3.05) is 26.3 Å².